The van der Waals surface area contributed by atoms with Gasteiger partial charge in [0.2, 0.25) is 0 Å². The van der Waals surface area contributed by atoms with E-state index in [1.165, 1.54) is 0 Å². The Bertz CT molecular complexity index is 509. The Morgan fingerprint density at radius 3 is 2.33 bits per heavy atom. The van der Waals surface area contributed by atoms with E-state index in [1.807, 2.05) is 0 Å². The number of carbonyl (C=O) groups excluding carboxylic acids is 1. The molecule has 0 unspecified atom stereocenters. The number of carboxylic acid groups (broad SMARTS) is 1. The van der Waals surface area contributed by atoms with Crippen molar-refractivity contribution in [1.29, 1.82) is 0 Å². The summed E-state index contributed by atoms with van der Waals surface area (Å²) in [5.74, 6) is -2.11. The molecule has 0 aliphatic heterocycles. The molecule has 7 heteroatoms. The molecule has 98 valence electrons. The molecule has 0 atom stereocenters. The highest BCUT2D eigenvalue weighted by Crippen LogP contribution is 2.27. The summed E-state index contributed by atoms with van der Waals surface area (Å²) in [4.78, 5) is 26.3. The molecule has 0 spiro atoms. The third kappa shape index (κ3) is 3.34. The molecular weight excluding hydrogens is 281 g/mol. The summed E-state index contributed by atoms with van der Waals surface area (Å²) in [5.41, 5.74) is -1.27. The van der Waals surface area contributed by atoms with Gasteiger partial charge in [0, 0.05) is 6.20 Å². The van der Waals surface area contributed by atoms with Crippen molar-refractivity contribution in [2.45, 2.75) is 26.4 Å². The zero-order valence-electron chi connectivity index (χ0n) is 9.95. The quantitative estimate of drug-likeness (QED) is 0.669. The van der Waals surface area contributed by atoms with Crippen LogP contribution in [0.2, 0.25) is 10.2 Å². The smallest absolute Gasteiger partial charge is 0.341 e. The van der Waals surface area contributed by atoms with Gasteiger partial charge >= 0.3 is 11.9 Å². The van der Waals surface area contributed by atoms with Crippen molar-refractivity contribution in [3.8, 4) is 0 Å². The number of ether oxygens (including phenoxy) is 1. The molecule has 0 aliphatic rings. The Balaban J connectivity index is 3.24. The molecule has 1 heterocycles. The van der Waals surface area contributed by atoms with Crippen molar-refractivity contribution in [3.05, 3.63) is 27.5 Å². The lowest BCUT2D eigenvalue weighted by Gasteiger charge is -2.20. The van der Waals surface area contributed by atoms with E-state index in [4.69, 9.17) is 33.0 Å². The van der Waals surface area contributed by atoms with Gasteiger partial charge in [-0.1, -0.05) is 23.2 Å². The number of carboxylic acids is 1. The number of nitrogens with zero attached hydrogens (tertiary/aromatic N) is 1. The zero-order valence-corrected chi connectivity index (χ0v) is 11.5. The van der Waals surface area contributed by atoms with Crippen LogP contribution in [0, 0.1) is 0 Å². The van der Waals surface area contributed by atoms with E-state index in [2.05, 4.69) is 4.98 Å². The van der Waals surface area contributed by atoms with Gasteiger partial charge in [0.05, 0.1) is 10.6 Å². The van der Waals surface area contributed by atoms with E-state index in [9.17, 15) is 9.59 Å². The van der Waals surface area contributed by atoms with E-state index >= 15 is 0 Å². The maximum atomic E-state index is 11.8. The number of pyridine rings is 1. The number of aromatic nitrogens is 1. The second-order valence-electron chi connectivity index (χ2n) is 4.46. The van der Waals surface area contributed by atoms with Crippen LogP contribution in [0.5, 0.6) is 0 Å². The Kier molecular flexibility index (Phi) is 4.19. The van der Waals surface area contributed by atoms with Crippen molar-refractivity contribution >= 4 is 35.1 Å². The van der Waals surface area contributed by atoms with Crippen LogP contribution in [-0.4, -0.2) is 27.6 Å². The average molecular weight is 292 g/mol. The van der Waals surface area contributed by atoms with E-state index in [1.54, 1.807) is 20.8 Å². The summed E-state index contributed by atoms with van der Waals surface area (Å²) in [6, 6.07) is 0. The average Bonchev–Trinajstić information content (AvgIpc) is 2.13. The van der Waals surface area contributed by atoms with Crippen molar-refractivity contribution < 1.29 is 19.4 Å². The molecule has 0 saturated heterocycles. The number of hydrogen-bond donors (Lipinski definition) is 1. The molecular formula is C11H11Cl2NO4. The molecule has 1 rings (SSSR count). The number of aromatic carboxylic acids is 1. The van der Waals surface area contributed by atoms with Crippen molar-refractivity contribution in [2.75, 3.05) is 0 Å². The van der Waals surface area contributed by atoms with Crippen LogP contribution in [0.4, 0.5) is 0 Å². The van der Waals surface area contributed by atoms with Crippen molar-refractivity contribution in [2.24, 2.45) is 0 Å². The summed E-state index contributed by atoms with van der Waals surface area (Å²) in [5, 5.41) is 8.37. The molecule has 0 fully saturated rings. The van der Waals surface area contributed by atoms with Crippen molar-refractivity contribution in [3.63, 3.8) is 0 Å². The Morgan fingerprint density at radius 1 is 1.33 bits per heavy atom. The minimum atomic E-state index is -1.36. The number of carbonyl (C=O) groups is 2. The first-order chi connectivity index (χ1) is 8.13. The summed E-state index contributed by atoms with van der Waals surface area (Å²) in [7, 11) is 0. The normalized spacial score (nSPS) is 11.2. The van der Waals surface area contributed by atoms with Gasteiger partial charge in [-0.2, -0.15) is 0 Å². The molecule has 1 aromatic heterocycles. The van der Waals surface area contributed by atoms with Crippen LogP contribution in [0.15, 0.2) is 6.20 Å². The molecule has 18 heavy (non-hydrogen) atoms. The first kappa shape index (κ1) is 14.7. The maximum absolute atomic E-state index is 11.8. The maximum Gasteiger partial charge on any atom is 0.341 e. The summed E-state index contributed by atoms with van der Waals surface area (Å²) >= 11 is 11.4. The highest BCUT2D eigenvalue weighted by atomic mass is 35.5. The Morgan fingerprint density at radius 2 is 1.89 bits per heavy atom. The van der Waals surface area contributed by atoms with Crippen LogP contribution < -0.4 is 0 Å². The van der Waals surface area contributed by atoms with E-state index in [0.29, 0.717) is 0 Å². The molecule has 0 amide bonds. The molecule has 5 nitrogen and oxygen atoms in total. The van der Waals surface area contributed by atoms with E-state index < -0.39 is 23.1 Å². The standard InChI is InChI=1S/C11H11Cl2NO4/c1-11(2,3)18-10(17)5-4-14-8(13)6(7(5)12)9(15)16/h4H,1-3H3,(H,15,16). The van der Waals surface area contributed by atoms with Gasteiger partial charge in [-0.25, -0.2) is 14.6 Å². The Labute approximate surface area is 114 Å². The van der Waals surface area contributed by atoms with E-state index in [0.717, 1.165) is 6.20 Å². The number of hydrogen-bond acceptors (Lipinski definition) is 4. The predicted octanol–water partition coefficient (Wildman–Crippen LogP) is 3.04. The number of halogens is 2. The molecule has 0 radical (unpaired) electrons. The second-order valence-corrected chi connectivity index (χ2v) is 5.19. The van der Waals surface area contributed by atoms with E-state index in [-0.39, 0.29) is 15.7 Å². The highest BCUT2D eigenvalue weighted by Gasteiger charge is 2.25. The molecule has 1 N–H and O–H groups in total. The highest BCUT2D eigenvalue weighted by molar-refractivity contribution is 6.40. The van der Waals surface area contributed by atoms with Crippen LogP contribution in [-0.2, 0) is 4.74 Å². The molecule has 0 aliphatic carbocycles. The van der Waals surface area contributed by atoms with Gasteiger partial charge in [0.1, 0.15) is 16.3 Å². The summed E-state index contributed by atoms with van der Waals surface area (Å²) in [6.07, 6.45) is 1.09. The lowest BCUT2D eigenvalue weighted by atomic mass is 10.1. The Hall–Kier alpha value is -1.33. The molecule has 0 aromatic carbocycles. The monoisotopic (exact) mass is 291 g/mol. The fourth-order valence-electron chi connectivity index (χ4n) is 1.13. The minimum absolute atomic E-state index is 0.131. The van der Waals surface area contributed by atoms with Crippen LogP contribution >= 0.6 is 23.2 Å². The lowest BCUT2D eigenvalue weighted by molar-refractivity contribution is 0.00693. The topological polar surface area (TPSA) is 76.5 Å². The van der Waals surface area contributed by atoms with Crippen LogP contribution in [0.1, 0.15) is 41.5 Å². The zero-order chi connectivity index (χ0) is 14.1. The summed E-state index contributed by atoms with van der Waals surface area (Å²) < 4.78 is 5.08. The SMILES string of the molecule is CC(C)(C)OC(=O)c1cnc(Cl)c(C(=O)O)c1Cl. The fourth-order valence-corrected chi connectivity index (χ4v) is 1.69. The van der Waals surface area contributed by atoms with Gasteiger partial charge in [0.15, 0.2) is 0 Å². The van der Waals surface area contributed by atoms with Gasteiger partial charge < -0.3 is 9.84 Å². The molecule has 0 saturated carbocycles. The van der Waals surface area contributed by atoms with Crippen molar-refractivity contribution in [1.82, 2.24) is 4.98 Å². The predicted molar refractivity (Wildman–Crippen MR) is 66.4 cm³/mol. The minimum Gasteiger partial charge on any atom is -0.478 e. The fraction of sp³-hybridized carbons (Fsp3) is 0.364. The lowest BCUT2D eigenvalue weighted by Crippen LogP contribution is -2.24. The largest absolute Gasteiger partial charge is 0.478 e. The van der Waals surface area contributed by atoms with Gasteiger partial charge in [0.25, 0.3) is 0 Å². The van der Waals surface area contributed by atoms with Crippen LogP contribution in [0.25, 0.3) is 0 Å². The van der Waals surface area contributed by atoms with Gasteiger partial charge in [-0.05, 0) is 20.8 Å². The molecule has 0 bridgehead atoms. The van der Waals surface area contributed by atoms with Crippen LogP contribution in [0.3, 0.4) is 0 Å². The van der Waals surface area contributed by atoms with Gasteiger partial charge in [-0.15, -0.1) is 0 Å². The first-order valence-corrected chi connectivity index (χ1v) is 5.69. The first-order valence-electron chi connectivity index (χ1n) is 4.94. The summed E-state index contributed by atoms with van der Waals surface area (Å²) in [6.45, 7) is 5.04. The third-order valence-corrected chi connectivity index (χ3v) is 2.48. The molecule has 1 aromatic rings. The third-order valence-electron chi connectivity index (χ3n) is 1.80. The number of esters is 1. The number of rotatable bonds is 2. The van der Waals surface area contributed by atoms with Gasteiger partial charge in [-0.3, -0.25) is 0 Å². The second kappa shape index (κ2) is 5.12.